The van der Waals surface area contributed by atoms with E-state index in [1.807, 2.05) is 0 Å². The summed E-state index contributed by atoms with van der Waals surface area (Å²) in [4.78, 5) is 15.0. The molecule has 1 heterocycles. The maximum atomic E-state index is 13.4. The highest BCUT2D eigenvalue weighted by atomic mass is 35.5. The molecule has 0 amide bonds. The van der Waals surface area contributed by atoms with Gasteiger partial charge in [0.1, 0.15) is 10.8 Å². The summed E-state index contributed by atoms with van der Waals surface area (Å²) in [6.45, 7) is 0. The van der Waals surface area contributed by atoms with Gasteiger partial charge in [0.05, 0.1) is 10.6 Å². The molecule has 6 heteroatoms. The quantitative estimate of drug-likeness (QED) is 0.932. The minimum atomic E-state index is -1.10. The van der Waals surface area contributed by atoms with Gasteiger partial charge >= 0.3 is 5.97 Å². The molecule has 0 bridgehead atoms. The zero-order valence-electron chi connectivity index (χ0n) is 8.93. The standard InChI is InChI=1S/C12H7ClFNO2S/c13-8-5-7(12(16)17)6-15-11(8)18-10-4-2-1-3-9(10)14/h1-6H,(H,16,17). The van der Waals surface area contributed by atoms with E-state index in [1.165, 1.54) is 18.3 Å². The molecular formula is C12H7ClFNO2S. The zero-order valence-corrected chi connectivity index (χ0v) is 10.5. The largest absolute Gasteiger partial charge is 0.478 e. The molecule has 18 heavy (non-hydrogen) atoms. The summed E-state index contributed by atoms with van der Waals surface area (Å²) in [5, 5.41) is 9.32. The second-order valence-electron chi connectivity index (χ2n) is 3.35. The number of hydrogen-bond acceptors (Lipinski definition) is 3. The zero-order chi connectivity index (χ0) is 13.1. The van der Waals surface area contributed by atoms with E-state index in [4.69, 9.17) is 16.7 Å². The number of hydrogen-bond donors (Lipinski definition) is 1. The SMILES string of the molecule is O=C(O)c1cnc(Sc2ccccc2F)c(Cl)c1. The third-order valence-electron chi connectivity index (χ3n) is 2.10. The molecule has 0 saturated heterocycles. The van der Waals surface area contributed by atoms with E-state index in [-0.39, 0.29) is 16.4 Å². The molecule has 3 nitrogen and oxygen atoms in total. The van der Waals surface area contributed by atoms with Crippen LogP contribution in [0.25, 0.3) is 0 Å². The fraction of sp³-hybridized carbons (Fsp3) is 0. The Morgan fingerprint density at radius 1 is 1.39 bits per heavy atom. The number of carboxylic acid groups (broad SMARTS) is 1. The van der Waals surface area contributed by atoms with Crippen molar-refractivity contribution in [3.8, 4) is 0 Å². The molecule has 0 fully saturated rings. The van der Waals surface area contributed by atoms with Crippen LogP contribution in [0.4, 0.5) is 4.39 Å². The van der Waals surface area contributed by atoms with Crippen molar-refractivity contribution in [3.63, 3.8) is 0 Å². The van der Waals surface area contributed by atoms with Gasteiger partial charge in [-0.1, -0.05) is 35.5 Å². The highest BCUT2D eigenvalue weighted by Gasteiger charge is 2.11. The molecule has 2 aromatic rings. The van der Waals surface area contributed by atoms with Crippen LogP contribution in [0.3, 0.4) is 0 Å². The fourth-order valence-corrected chi connectivity index (χ4v) is 2.31. The maximum absolute atomic E-state index is 13.4. The van der Waals surface area contributed by atoms with E-state index in [2.05, 4.69) is 4.98 Å². The molecule has 1 aromatic carbocycles. The molecule has 0 radical (unpaired) electrons. The van der Waals surface area contributed by atoms with Crippen LogP contribution in [0.15, 0.2) is 46.5 Å². The first kappa shape index (κ1) is 12.9. The number of carboxylic acids is 1. The van der Waals surface area contributed by atoms with Crippen LogP contribution < -0.4 is 0 Å². The van der Waals surface area contributed by atoms with E-state index in [0.29, 0.717) is 9.92 Å². The summed E-state index contributed by atoms with van der Waals surface area (Å²) in [6.07, 6.45) is 1.19. The summed E-state index contributed by atoms with van der Waals surface area (Å²) >= 11 is 6.96. The second-order valence-corrected chi connectivity index (χ2v) is 4.79. The van der Waals surface area contributed by atoms with Gasteiger partial charge in [-0.3, -0.25) is 0 Å². The Balaban J connectivity index is 2.30. The molecule has 0 atom stereocenters. The third-order valence-corrected chi connectivity index (χ3v) is 3.57. The Labute approximate surface area is 112 Å². The number of nitrogens with zero attached hydrogens (tertiary/aromatic N) is 1. The lowest BCUT2D eigenvalue weighted by molar-refractivity contribution is 0.0696. The number of aromatic nitrogens is 1. The Morgan fingerprint density at radius 3 is 2.72 bits per heavy atom. The number of rotatable bonds is 3. The molecular weight excluding hydrogens is 277 g/mol. The number of aromatic carboxylic acids is 1. The van der Waals surface area contributed by atoms with Crippen molar-refractivity contribution in [1.29, 1.82) is 0 Å². The van der Waals surface area contributed by atoms with Gasteiger partial charge in [0.15, 0.2) is 0 Å². The Bertz CT molecular complexity index is 606. The molecule has 0 saturated carbocycles. The summed E-state index contributed by atoms with van der Waals surface area (Å²) in [6, 6.07) is 7.51. The molecule has 0 unspecified atom stereocenters. The summed E-state index contributed by atoms with van der Waals surface area (Å²) in [5.74, 6) is -1.48. The average molecular weight is 284 g/mol. The van der Waals surface area contributed by atoms with Crippen LogP contribution in [-0.4, -0.2) is 16.1 Å². The lowest BCUT2D eigenvalue weighted by atomic mass is 10.3. The van der Waals surface area contributed by atoms with Crippen LogP contribution in [0.2, 0.25) is 5.02 Å². The first-order valence-corrected chi connectivity index (χ1v) is 6.08. The number of benzene rings is 1. The normalized spacial score (nSPS) is 10.3. The smallest absolute Gasteiger partial charge is 0.337 e. The van der Waals surface area contributed by atoms with Gasteiger partial charge in [-0.15, -0.1) is 0 Å². The van der Waals surface area contributed by atoms with E-state index in [0.717, 1.165) is 11.8 Å². The van der Waals surface area contributed by atoms with Crippen molar-refractivity contribution in [2.45, 2.75) is 9.92 Å². The van der Waals surface area contributed by atoms with Crippen molar-refractivity contribution in [2.24, 2.45) is 0 Å². The number of pyridine rings is 1. The minimum absolute atomic E-state index is 0.00196. The van der Waals surface area contributed by atoms with Crippen molar-refractivity contribution in [1.82, 2.24) is 4.98 Å². The lowest BCUT2D eigenvalue weighted by Crippen LogP contribution is -1.97. The second kappa shape index (κ2) is 5.37. The molecule has 0 spiro atoms. The minimum Gasteiger partial charge on any atom is -0.478 e. The summed E-state index contributed by atoms with van der Waals surface area (Å²) < 4.78 is 13.4. The average Bonchev–Trinajstić information content (AvgIpc) is 2.34. The van der Waals surface area contributed by atoms with Gasteiger partial charge in [0, 0.05) is 11.1 Å². The van der Waals surface area contributed by atoms with Gasteiger partial charge in [-0.25, -0.2) is 14.2 Å². The van der Waals surface area contributed by atoms with Crippen molar-refractivity contribution < 1.29 is 14.3 Å². The summed E-state index contributed by atoms with van der Waals surface area (Å²) in [5.41, 5.74) is -0.00196. The van der Waals surface area contributed by atoms with Crippen molar-refractivity contribution in [2.75, 3.05) is 0 Å². The first-order chi connectivity index (χ1) is 8.58. The third kappa shape index (κ3) is 2.80. The maximum Gasteiger partial charge on any atom is 0.337 e. The monoisotopic (exact) mass is 283 g/mol. The van der Waals surface area contributed by atoms with Crippen LogP contribution in [0, 0.1) is 5.82 Å². The molecule has 0 aliphatic carbocycles. The molecule has 1 aromatic heterocycles. The van der Waals surface area contributed by atoms with Gasteiger partial charge in [-0.05, 0) is 18.2 Å². The summed E-state index contributed by atoms with van der Waals surface area (Å²) in [7, 11) is 0. The van der Waals surface area contributed by atoms with E-state index in [1.54, 1.807) is 18.2 Å². The molecule has 92 valence electrons. The Kier molecular flexibility index (Phi) is 3.84. The predicted octanol–water partition coefficient (Wildman–Crippen LogP) is 3.72. The van der Waals surface area contributed by atoms with Gasteiger partial charge in [0.2, 0.25) is 0 Å². The topological polar surface area (TPSA) is 50.2 Å². The fourth-order valence-electron chi connectivity index (χ4n) is 1.25. The van der Waals surface area contributed by atoms with Crippen LogP contribution in [0.5, 0.6) is 0 Å². The highest BCUT2D eigenvalue weighted by Crippen LogP contribution is 2.33. The number of carbonyl (C=O) groups is 1. The molecule has 1 N–H and O–H groups in total. The molecule has 0 aliphatic rings. The lowest BCUT2D eigenvalue weighted by Gasteiger charge is -2.04. The Hall–Kier alpha value is -1.59. The van der Waals surface area contributed by atoms with Gasteiger partial charge < -0.3 is 5.11 Å². The Morgan fingerprint density at radius 2 is 2.11 bits per heavy atom. The number of halogens is 2. The van der Waals surface area contributed by atoms with Crippen LogP contribution in [-0.2, 0) is 0 Å². The van der Waals surface area contributed by atoms with Crippen LogP contribution in [0.1, 0.15) is 10.4 Å². The van der Waals surface area contributed by atoms with Crippen molar-refractivity contribution >= 4 is 29.3 Å². The first-order valence-electron chi connectivity index (χ1n) is 4.89. The van der Waals surface area contributed by atoms with Crippen molar-refractivity contribution in [3.05, 3.63) is 52.9 Å². The van der Waals surface area contributed by atoms with Gasteiger partial charge in [0.25, 0.3) is 0 Å². The van der Waals surface area contributed by atoms with E-state index < -0.39 is 5.97 Å². The van der Waals surface area contributed by atoms with Gasteiger partial charge in [-0.2, -0.15) is 0 Å². The molecule has 0 aliphatic heterocycles. The highest BCUT2D eigenvalue weighted by molar-refractivity contribution is 7.99. The van der Waals surface area contributed by atoms with Crippen LogP contribution >= 0.6 is 23.4 Å². The van der Waals surface area contributed by atoms with E-state index in [9.17, 15) is 9.18 Å². The predicted molar refractivity (Wildman–Crippen MR) is 66.7 cm³/mol. The van der Waals surface area contributed by atoms with E-state index >= 15 is 0 Å². The molecule has 2 rings (SSSR count).